The molecule has 1 aromatic heterocycles. The highest BCUT2D eigenvalue weighted by molar-refractivity contribution is 5.42. The Morgan fingerprint density at radius 3 is 2.60 bits per heavy atom. The van der Waals surface area contributed by atoms with E-state index in [0.717, 1.165) is 18.9 Å². The molecule has 0 aliphatic carbocycles. The van der Waals surface area contributed by atoms with E-state index < -0.39 is 11.9 Å². The molecule has 1 unspecified atom stereocenters. The molecule has 1 aromatic rings. The molecule has 0 radical (unpaired) electrons. The summed E-state index contributed by atoms with van der Waals surface area (Å²) in [5.74, 6) is 0.236. The summed E-state index contributed by atoms with van der Waals surface area (Å²) in [4.78, 5) is 7.29. The van der Waals surface area contributed by atoms with E-state index in [1.807, 2.05) is 6.92 Å². The summed E-state index contributed by atoms with van der Waals surface area (Å²) in [7, 11) is 1.46. The Morgan fingerprint density at radius 1 is 1.35 bits per heavy atom. The second-order valence-electron chi connectivity index (χ2n) is 4.57. The molecule has 0 aliphatic heterocycles. The van der Waals surface area contributed by atoms with Gasteiger partial charge in [0.05, 0.1) is 0 Å². The first-order chi connectivity index (χ1) is 9.36. The van der Waals surface area contributed by atoms with Crippen LogP contribution in [0, 0.1) is 5.92 Å². The van der Waals surface area contributed by atoms with Gasteiger partial charge in [-0.2, -0.15) is 18.2 Å². The Bertz CT molecular complexity index is 426. The monoisotopic (exact) mass is 292 g/mol. The molecule has 0 spiro atoms. The number of rotatable bonds is 7. The number of anilines is 2. The fraction of sp³-hybridized carbons (Fsp3) is 0.667. The minimum atomic E-state index is -4.50. The fourth-order valence-electron chi connectivity index (χ4n) is 1.55. The van der Waals surface area contributed by atoms with Gasteiger partial charge >= 0.3 is 6.18 Å². The minimum absolute atomic E-state index is 0.0777. The van der Waals surface area contributed by atoms with Crippen molar-refractivity contribution in [3.63, 3.8) is 0 Å². The highest BCUT2D eigenvalue weighted by Crippen LogP contribution is 2.29. The Balaban J connectivity index is 2.65. The number of aromatic nitrogens is 2. The van der Waals surface area contributed by atoms with Gasteiger partial charge in [0.25, 0.3) is 0 Å². The summed E-state index contributed by atoms with van der Waals surface area (Å²) >= 11 is 0. The lowest BCUT2D eigenvalue weighted by atomic mass is 10.1. The molecular weight excluding hydrogens is 273 g/mol. The van der Waals surface area contributed by atoms with Crippen molar-refractivity contribution in [3.05, 3.63) is 11.8 Å². The molecule has 114 valence electrons. The Morgan fingerprint density at radius 2 is 2.05 bits per heavy atom. The van der Waals surface area contributed by atoms with Crippen molar-refractivity contribution in [2.45, 2.75) is 25.9 Å². The van der Waals surface area contributed by atoms with E-state index in [2.05, 4.69) is 20.6 Å². The van der Waals surface area contributed by atoms with E-state index in [-0.39, 0.29) is 24.3 Å². The number of alkyl halides is 3. The van der Waals surface area contributed by atoms with Crippen LogP contribution in [0.1, 0.15) is 25.5 Å². The van der Waals surface area contributed by atoms with Crippen molar-refractivity contribution in [2.75, 3.05) is 30.8 Å². The quantitative estimate of drug-likeness (QED) is 0.673. The summed E-state index contributed by atoms with van der Waals surface area (Å²) in [6.07, 6.45) is -2.97. The number of nitrogens with one attached hydrogen (secondary N) is 2. The standard InChI is InChI=1S/C12H19F3N4O/c1-8(7-20)4-3-5-17-10-6-9(12(13,14)15)18-11(16-2)19-10/h6,8,20H,3-5,7H2,1-2H3,(H2,16,17,18,19). The molecule has 0 bridgehead atoms. The maximum atomic E-state index is 12.7. The molecular formula is C12H19F3N4O. The molecule has 1 rings (SSSR count). The largest absolute Gasteiger partial charge is 0.433 e. The van der Waals surface area contributed by atoms with Crippen LogP contribution in [0.3, 0.4) is 0 Å². The van der Waals surface area contributed by atoms with E-state index in [9.17, 15) is 13.2 Å². The van der Waals surface area contributed by atoms with Gasteiger partial charge in [-0.3, -0.25) is 0 Å². The number of hydrogen-bond donors (Lipinski definition) is 3. The van der Waals surface area contributed by atoms with Crippen molar-refractivity contribution >= 4 is 11.8 Å². The van der Waals surface area contributed by atoms with Gasteiger partial charge in [0, 0.05) is 26.3 Å². The lowest BCUT2D eigenvalue weighted by Gasteiger charge is -2.12. The molecule has 1 heterocycles. The third-order valence-electron chi connectivity index (χ3n) is 2.73. The second kappa shape index (κ2) is 7.28. The van der Waals surface area contributed by atoms with E-state index in [4.69, 9.17) is 5.11 Å². The molecule has 3 N–H and O–H groups in total. The molecule has 1 atom stereocenters. The average Bonchev–Trinajstić information content (AvgIpc) is 2.41. The van der Waals surface area contributed by atoms with Gasteiger partial charge in [0.15, 0.2) is 5.69 Å². The molecule has 5 nitrogen and oxygen atoms in total. The maximum absolute atomic E-state index is 12.7. The fourth-order valence-corrected chi connectivity index (χ4v) is 1.55. The molecule has 0 aliphatic rings. The topological polar surface area (TPSA) is 70.1 Å². The Hall–Kier alpha value is -1.57. The van der Waals surface area contributed by atoms with Crippen LogP contribution in [0.4, 0.5) is 24.9 Å². The predicted octanol–water partition coefficient (Wildman–Crippen LogP) is 2.36. The van der Waals surface area contributed by atoms with Crippen molar-refractivity contribution in [1.82, 2.24) is 9.97 Å². The van der Waals surface area contributed by atoms with E-state index in [1.165, 1.54) is 7.05 Å². The maximum Gasteiger partial charge on any atom is 0.433 e. The summed E-state index contributed by atoms with van der Waals surface area (Å²) in [6, 6.07) is 0.885. The van der Waals surface area contributed by atoms with Gasteiger partial charge in [0.2, 0.25) is 5.95 Å². The molecule has 20 heavy (non-hydrogen) atoms. The van der Waals surface area contributed by atoms with Crippen LogP contribution in [0.15, 0.2) is 6.07 Å². The van der Waals surface area contributed by atoms with Gasteiger partial charge in [-0.25, -0.2) is 4.98 Å². The predicted molar refractivity (Wildman–Crippen MR) is 70.6 cm³/mol. The van der Waals surface area contributed by atoms with Gasteiger partial charge in [-0.1, -0.05) is 6.92 Å². The third kappa shape index (κ3) is 5.20. The third-order valence-corrected chi connectivity index (χ3v) is 2.73. The zero-order valence-corrected chi connectivity index (χ0v) is 11.5. The minimum Gasteiger partial charge on any atom is -0.396 e. The number of hydrogen-bond acceptors (Lipinski definition) is 5. The van der Waals surface area contributed by atoms with Crippen LogP contribution in [-0.4, -0.2) is 35.3 Å². The van der Waals surface area contributed by atoms with Crippen LogP contribution < -0.4 is 10.6 Å². The average molecular weight is 292 g/mol. The van der Waals surface area contributed by atoms with Gasteiger partial charge in [0.1, 0.15) is 5.82 Å². The van der Waals surface area contributed by atoms with Crippen molar-refractivity contribution < 1.29 is 18.3 Å². The lowest BCUT2D eigenvalue weighted by Crippen LogP contribution is -2.14. The van der Waals surface area contributed by atoms with Gasteiger partial charge < -0.3 is 15.7 Å². The summed E-state index contributed by atoms with van der Waals surface area (Å²) in [5, 5.41) is 14.2. The van der Waals surface area contributed by atoms with E-state index in [0.29, 0.717) is 6.54 Å². The summed E-state index contributed by atoms with van der Waals surface area (Å²) < 4.78 is 38.0. The number of nitrogens with zero attached hydrogens (tertiary/aromatic N) is 2. The highest BCUT2D eigenvalue weighted by Gasteiger charge is 2.33. The zero-order chi connectivity index (χ0) is 15.2. The van der Waals surface area contributed by atoms with Gasteiger partial charge in [-0.05, 0) is 18.8 Å². The van der Waals surface area contributed by atoms with Crippen molar-refractivity contribution in [2.24, 2.45) is 5.92 Å². The lowest BCUT2D eigenvalue weighted by molar-refractivity contribution is -0.141. The number of aliphatic hydroxyl groups is 1. The van der Waals surface area contributed by atoms with Crippen LogP contribution in [-0.2, 0) is 6.18 Å². The number of aliphatic hydroxyl groups excluding tert-OH is 1. The molecule has 0 saturated carbocycles. The summed E-state index contributed by atoms with van der Waals surface area (Å²) in [5.41, 5.74) is -0.983. The van der Waals surface area contributed by atoms with Gasteiger partial charge in [-0.15, -0.1) is 0 Å². The SMILES string of the molecule is CNc1nc(NCCCC(C)CO)cc(C(F)(F)F)n1. The molecule has 0 fully saturated rings. The first kappa shape index (κ1) is 16.5. The Kier molecular flexibility index (Phi) is 6.00. The second-order valence-corrected chi connectivity index (χ2v) is 4.57. The summed E-state index contributed by atoms with van der Waals surface area (Å²) in [6.45, 7) is 2.50. The first-order valence-corrected chi connectivity index (χ1v) is 6.35. The highest BCUT2D eigenvalue weighted by atomic mass is 19.4. The first-order valence-electron chi connectivity index (χ1n) is 6.35. The van der Waals surface area contributed by atoms with Crippen molar-refractivity contribution in [3.8, 4) is 0 Å². The molecule has 0 amide bonds. The molecule has 8 heteroatoms. The van der Waals surface area contributed by atoms with Crippen LogP contribution in [0.2, 0.25) is 0 Å². The Labute approximate surface area is 115 Å². The van der Waals surface area contributed by atoms with E-state index in [1.54, 1.807) is 0 Å². The van der Waals surface area contributed by atoms with E-state index >= 15 is 0 Å². The normalized spacial score (nSPS) is 13.1. The smallest absolute Gasteiger partial charge is 0.396 e. The van der Waals surface area contributed by atoms with Crippen LogP contribution >= 0.6 is 0 Å². The number of halogens is 3. The van der Waals surface area contributed by atoms with Crippen LogP contribution in [0.5, 0.6) is 0 Å². The van der Waals surface area contributed by atoms with Crippen LogP contribution in [0.25, 0.3) is 0 Å². The van der Waals surface area contributed by atoms with Crippen molar-refractivity contribution in [1.29, 1.82) is 0 Å². The molecule has 0 aromatic carbocycles. The molecule has 0 saturated heterocycles. The zero-order valence-electron chi connectivity index (χ0n) is 11.5.